The average Bonchev–Trinajstić information content (AvgIpc) is 2.65. The van der Waals surface area contributed by atoms with Gasteiger partial charge in [-0.1, -0.05) is 36.8 Å². The van der Waals surface area contributed by atoms with E-state index >= 15 is 0 Å². The molecule has 0 bridgehead atoms. The molecule has 0 aromatic heterocycles. The van der Waals surface area contributed by atoms with E-state index in [0.717, 1.165) is 17.9 Å². The van der Waals surface area contributed by atoms with Crippen LogP contribution < -0.4 is 9.47 Å². The fourth-order valence-corrected chi connectivity index (χ4v) is 3.01. The molecule has 1 fully saturated rings. The van der Waals surface area contributed by atoms with Gasteiger partial charge in [0.05, 0.1) is 6.42 Å². The van der Waals surface area contributed by atoms with Gasteiger partial charge in [-0.2, -0.15) is 0 Å². The van der Waals surface area contributed by atoms with E-state index in [1.165, 1.54) is 32.4 Å². The highest BCUT2D eigenvalue weighted by Crippen LogP contribution is 2.18. The molecule has 0 radical (unpaired) electrons. The molecule has 3 rings (SSSR count). The molecule has 1 saturated heterocycles. The van der Waals surface area contributed by atoms with Gasteiger partial charge in [-0.3, -0.25) is 9.69 Å². The van der Waals surface area contributed by atoms with Gasteiger partial charge in [0, 0.05) is 6.54 Å². The van der Waals surface area contributed by atoms with Gasteiger partial charge in [0.15, 0.2) is 0 Å². The van der Waals surface area contributed by atoms with Crippen molar-refractivity contribution in [1.82, 2.24) is 4.90 Å². The molecule has 4 heteroatoms. The van der Waals surface area contributed by atoms with Crippen LogP contribution in [0.2, 0.25) is 0 Å². The first-order chi connectivity index (χ1) is 12.3. The summed E-state index contributed by atoms with van der Waals surface area (Å²) in [5, 5.41) is 0. The van der Waals surface area contributed by atoms with Gasteiger partial charge >= 0.3 is 5.97 Å². The largest absolute Gasteiger partial charge is 0.492 e. The number of carbonyl (C=O) groups excluding carboxylic acids is 1. The minimum atomic E-state index is -0.259. The average molecular weight is 339 g/mol. The van der Waals surface area contributed by atoms with Crippen LogP contribution in [-0.4, -0.2) is 37.1 Å². The van der Waals surface area contributed by atoms with Crippen LogP contribution >= 0.6 is 0 Å². The Morgan fingerprint density at radius 2 is 1.56 bits per heavy atom. The van der Waals surface area contributed by atoms with Gasteiger partial charge in [-0.25, -0.2) is 0 Å². The number of hydrogen-bond acceptors (Lipinski definition) is 4. The predicted octanol–water partition coefficient (Wildman–Crippen LogP) is 3.70. The number of benzene rings is 2. The van der Waals surface area contributed by atoms with Crippen molar-refractivity contribution < 1.29 is 14.3 Å². The summed E-state index contributed by atoms with van der Waals surface area (Å²) >= 11 is 0. The highest BCUT2D eigenvalue weighted by molar-refractivity contribution is 5.75. The lowest BCUT2D eigenvalue weighted by Gasteiger charge is -2.26. The minimum absolute atomic E-state index is 0.259. The maximum absolute atomic E-state index is 12.0. The second-order valence-electron chi connectivity index (χ2n) is 6.36. The number of rotatable bonds is 7. The number of ether oxygens (including phenoxy) is 2. The first-order valence-electron chi connectivity index (χ1n) is 8.99. The summed E-state index contributed by atoms with van der Waals surface area (Å²) < 4.78 is 11.2. The van der Waals surface area contributed by atoms with Crippen molar-refractivity contribution in [3.8, 4) is 11.5 Å². The highest BCUT2D eigenvalue weighted by atomic mass is 16.5. The lowest BCUT2D eigenvalue weighted by atomic mass is 10.1. The quantitative estimate of drug-likeness (QED) is 0.569. The molecule has 25 heavy (non-hydrogen) atoms. The maximum atomic E-state index is 12.0. The van der Waals surface area contributed by atoms with E-state index < -0.39 is 0 Å². The van der Waals surface area contributed by atoms with Crippen molar-refractivity contribution in [2.75, 3.05) is 26.2 Å². The van der Waals surface area contributed by atoms with Crippen LogP contribution in [0.25, 0.3) is 0 Å². The number of carbonyl (C=O) groups is 1. The Balaban J connectivity index is 1.41. The van der Waals surface area contributed by atoms with E-state index in [-0.39, 0.29) is 12.4 Å². The first-order valence-corrected chi connectivity index (χ1v) is 8.99. The van der Waals surface area contributed by atoms with Crippen LogP contribution in [0, 0.1) is 0 Å². The molecule has 0 N–H and O–H groups in total. The summed E-state index contributed by atoms with van der Waals surface area (Å²) in [7, 11) is 0. The normalized spacial score (nSPS) is 14.9. The van der Waals surface area contributed by atoms with Crippen molar-refractivity contribution in [2.24, 2.45) is 0 Å². The van der Waals surface area contributed by atoms with Crippen LogP contribution in [0.5, 0.6) is 11.5 Å². The summed E-state index contributed by atoms with van der Waals surface area (Å²) in [5.74, 6) is 1.09. The summed E-state index contributed by atoms with van der Waals surface area (Å²) in [6.45, 7) is 4.01. The Labute approximate surface area is 149 Å². The lowest BCUT2D eigenvalue weighted by molar-refractivity contribution is -0.133. The predicted molar refractivity (Wildman–Crippen MR) is 98.0 cm³/mol. The molecule has 0 aliphatic carbocycles. The zero-order valence-electron chi connectivity index (χ0n) is 14.5. The summed E-state index contributed by atoms with van der Waals surface area (Å²) in [6, 6.07) is 16.8. The molecule has 0 atom stereocenters. The molecule has 4 nitrogen and oxygen atoms in total. The zero-order chi connectivity index (χ0) is 17.3. The van der Waals surface area contributed by atoms with Crippen LogP contribution in [0.15, 0.2) is 54.6 Å². The number of hydrogen-bond donors (Lipinski definition) is 0. The van der Waals surface area contributed by atoms with Crippen molar-refractivity contribution in [3.05, 3.63) is 60.2 Å². The molecule has 132 valence electrons. The first kappa shape index (κ1) is 17.5. The van der Waals surface area contributed by atoms with E-state index in [9.17, 15) is 4.79 Å². The Morgan fingerprint density at radius 1 is 0.880 bits per heavy atom. The topological polar surface area (TPSA) is 38.8 Å². The molecule has 1 aliphatic heterocycles. The van der Waals surface area contributed by atoms with Gasteiger partial charge in [0.1, 0.15) is 18.1 Å². The number of piperidine rings is 1. The standard InChI is InChI=1S/C21H25NO3/c23-21(17-18-7-3-1-4-8-18)25-20-11-9-19(10-12-20)24-16-15-22-13-5-2-6-14-22/h1,3-4,7-12H,2,5-6,13-17H2. The molecule has 2 aromatic rings. The monoisotopic (exact) mass is 339 g/mol. The molecular formula is C21H25NO3. The Bertz CT molecular complexity index is 649. The molecule has 1 heterocycles. The fourth-order valence-electron chi connectivity index (χ4n) is 3.01. The molecular weight excluding hydrogens is 314 g/mol. The van der Waals surface area contributed by atoms with Gasteiger partial charge in [-0.15, -0.1) is 0 Å². The van der Waals surface area contributed by atoms with E-state index in [2.05, 4.69) is 4.90 Å². The Morgan fingerprint density at radius 3 is 2.28 bits per heavy atom. The van der Waals surface area contributed by atoms with E-state index in [4.69, 9.17) is 9.47 Å². The summed E-state index contributed by atoms with van der Waals surface area (Å²) in [6.07, 6.45) is 4.21. The third kappa shape index (κ3) is 5.91. The van der Waals surface area contributed by atoms with Gasteiger partial charge in [0.25, 0.3) is 0 Å². The Kier molecular flexibility index (Phi) is 6.46. The SMILES string of the molecule is O=C(Cc1ccccc1)Oc1ccc(OCCN2CCCCC2)cc1. The maximum Gasteiger partial charge on any atom is 0.315 e. The van der Waals surface area contributed by atoms with E-state index in [1.807, 2.05) is 42.5 Å². The van der Waals surface area contributed by atoms with Crippen molar-refractivity contribution >= 4 is 5.97 Å². The van der Waals surface area contributed by atoms with E-state index in [0.29, 0.717) is 12.4 Å². The van der Waals surface area contributed by atoms with Crippen molar-refractivity contribution in [1.29, 1.82) is 0 Å². The zero-order valence-corrected chi connectivity index (χ0v) is 14.5. The van der Waals surface area contributed by atoms with Crippen LogP contribution in [-0.2, 0) is 11.2 Å². The van der Waals surface area contributed by atoms with Gasteiger partial charge < -0.3 is 9.47 Å². The molecule has 0 unspecified atom stereocenters. The number of nitrogens with zero attached hydrogens (tertiary/aromatic N) is 1. The number of esters is 1. The number of likely N-dealkylation sites (tertiary alicyclic amines) is 1. The minimum Gasteiger partial charge on any atom is -0.492 e. The van der Waals surface area contributed by atoms with Gasteiger partial charge in [0.2, 0.25) is 0 Å². The van der Waals surface area contributed by atoms with Crippen LogP contribution in [0.3, 0.4) is 0 Å². The third-order valence-electron chi connectivity index (χ3n) is 4.37. The Hall–Kier alpha value is -2.33. The summed E-state index contributed by atoms with van der Waals surface area (Å²) in [5.41, 5.74) is 0.949. The molecule has 1 aliphatic rings. The fraction of sp³-hybridized carbons (Fsp3) is 0.381. The summed E-state index contributed by atoms with van der Waals surface area (Å²) in [4.78, 5) is 14.4. The van der Waals surface area contributed by atoms with Gasteiger partial charge in [-0.05, 0) is 55.8 Å². The van der Waals surface area contributed by atoms with Crippen LogP contribution in [0.4, 0.5) is 0 Å². The second kappa shape index (κ2) is 9.23. The molecule has 0 amide bonds. The van der Waals surface area contributed by atoms with Crippen molar-refractivity contribution in [3.63, 3.8) is 0 Å². The highest BCUT2D eigenvalue weighted by Gasteiger charge is 2.10. The second-order valence-corrected chi connectivity index (χ2v) is 6.36. The lowest BCUT2D eigenvalue weighted by Crippen LogP contribution is -2.33. The van der Waals surface area contributed by atoms with Crippen molar-refractivity contribution in [2.45, 2.75) is 25.7 Å². The van der Waals surface area contributed by atoms with E-state index in [1.54, 1.807) is 12.1 Å². The molecule has 0 spiro atoms. The third-order valence-corrected chi connectivity index (χ3v) is 4.37. The molecule has 2 aromatic carbocycles. The smallest absolute Gasteiger partial charge is 0.315 e. The van der Waals surface area contributed by atoms with Crippen LogP contribution in [0.1, 0.15) is 24.8 Å². The molecule has 0 saturated carbocycles.